The van der Waals surface area contributed by atoms with Crippen molar-refractivity contribution in [1.82, 2.24) is 4.90 Å². The van der Waals surface area contributed by atoms with Crippen LogP contribution in [-0.2, 0) is 9.53 Å². The monoisotopic (exact) mass is 255 g/mol. The van der Waals surface area contributed by atoms with Gasteiger partial charge in [0.05, 0.1) is 12.0 Å². The van der Waals surface area contributed by atoms with E-state index in [4.69, 9.17) is 4.74 Å². The second-order valence-corrected chi connectivity index (χ2v) is 5.94. The Morgan fingerprint density at radius 1 is 1.33 bits per heavy atom. The minimum absolute atomic E-state index is 0.00288. The predicted molar refractivity (Wildman–Crippen MR) is 74.4 cm³/mol. The highest BCUT2D eigenvalue weighted by atomic mass is 16.5. The van der Waals surface area contributed by atoms with Gasteiger partial charge in [0.2, 0.25) is 5.91 Å². The molecule has 0 aromatic rings. The summed E-state index contributed by atoms with van der Waals surface area (Å²) in [5, 5.41) is 0. The Kier molecular flexibility index (Phi) is 5.64. The highest BCUT2D eigenvalue weighted by molar-refractivity contribution is 5.80. The van der Waals surface area contributed by atoms with E-state index < -0.39 is 0 Å². The number of rotatable bonds is 5. The molecule has 0 spiro atoms. The van der Waals surface area contributed by atoms with Crippen molar-refractivity contribution in [1.29, 1.82) is 0 Å². The van der Waals surface area contributed by atoms with Gasteiger partial charge in [0.15, 0.2) is 0 Å². The van der Waals surface area contributed by atoms with Crippen LogP contribution in [0.5, 0.6) is 0 Å². The first kappa shape index (κ1) is 15.5. The first-order valence-corrected chi connectivity index (χ1v) is 7.28. The first-order valence-electron chi connectivity index (χ1n) is 7.28. The molecule has 0 aliphatic carbocycles. The topological polar surface area (TPSA) is 29.5 Å². The van der Waals surface area contributed by atoms with Gasteiger partial charge in [-0.05, 0) is 39.0 Å². The fourth-order valence-corrected chi connectivity index (χ4v) is 3.12. The maximum Gasteiger partial charge on any atom is 0.228 e. The van der Waals surface area contributed by atoms with Gasteiger partial charge in [-0.25, -0.2) is 0 Å². The van der Waals surface area contributed by atoms with Gasteiger partial charge in [-0.1, -0.05) is 20.8 Å². The van der Waals surface area contributed by atoms with Gasteiger partial charge in [0.25, 0.3) is 0 Å². The van der Waals surface area contributed by atoms with Crippen LogP contribution in [-0.4, -0.2) is 36.1 Å². The quantitative estimate of drug-likeness (QED) is 0.755. The van der Waals surface area contributed by atoms with Crippen LogP contribution in [0.3, 0.4) is 0 Å². The van der Waals surface area contributed by atoms with Gasteiger partial charge >= 0.3 is 0 Å². The molecule has 3 unspecified atom stereocenters. The molecule has 1 fully saturated rings. The Morgan fingerprint density at radius 2 is 1.94 bits per heavy atom. The molecule has 1 heterocycles. The number of carbonyl (C=O) groups is 1. The minimum atomic E-state index is -0.00296. The molecule has 0 radical (unpaired) electrons. The number of ether oxygens (including phenoxy) is 1. The molecule has 0 saturated carbocycles. The van der Waals surface area contributed by atoms with Crippen LogP contribution in [0.15, 0.2) is 0 Å². The zero-order valence-corrected chi connectivity index (χ0v) is 12.8. The van der Waals surface area contributed by atoms with Gasteiger partial charge in [-0.2, -0.15) is 0 Å². The lowest BCUT2D eigenvalue weighted by Gasteiger charge is -2.35. The average molecular weight is 255 g/mol. The maximum atomic E-state index is 12.7. The highest BCUT2D eigenvalue weighted by Crippen LogP contribution is 2.31. The number of nitrogens with zero attached hydrogens (tertiary/aromatic N) is 1. The van der Waals surface area contributed by atoms with Crippen LogP contribution in [0.1, 0.15) is 53.9 Å². The second-order valence-electron chi connectivity index (χ2n) is 5.94. The summed E-state index contributed by atoms with van der Waals surface area (Å²) in [7, 11) is 1.69. The first-order chi connectivity index (χ1) is 8.43. The summed E-state index contributed by atoms with van der Waals surface area (Å²) >= 11 is 0. The summed E-state index contributed by atoms with van der Waals surface area (Å²) in [4.78, 5) is 14.9. The van der Waals surface area contributed by atoms with Crippen molar-refractivity contribution in [3.8, 4) is 0 Å². The van der Waals surface area contributed by atoms with Crippen molar-refractivity contribution in [2.45, 2.75) is 72.1 Å². The Labute approximate surface area is 112 Å². The number of likely N-dealkylation sites (tertiary alicyclic amines) is 1. The standard InChI is InChI=1S/C15H29NO2/c1-7-13(12(5)18-6)15(17)16-11(4)8-9-14(16)10(2)3/h10-14H,7-9H2,1-6H3/t11?,12?,13?,14-/m0/s1. The lowest BCUT2D eigenvalue weighted by molar-refractivity contribution is -0.143. The fraction of sp³-hybridized carbons (Fsp3) is 0.933. The summed E-state index contributed by atoms with van der Waals surface area (Å²) in [6.07, 6.45) is 3.12. The van der Waals surface area contributed by atoms with Crippen molar-refractivity contribution in [2.75, 3.05) is 7.11 Å². The van der Waals surface area contributed by atoms with Crippen molar-refractivity contribution in [3.05, 3.63) is 0 Å². The minimum Gasteiger partial charge on any atom is -0.381 e. The summed E-state index contributed by atoms with van der Waals surface area (Å²) in [5.74, 6) is 0.821. The normalized spacial score (nSPS) is 27.6. The number of carbonyl (C=O) groups excluding carboxylic acids is 1. The lowest BCUT2D eigenvalue weighted by atomic mass is 9.96. The van der Waals surface area contributed by atoms with Crippen LogP contribution in [0.4, 0.5) is 0 Å². The third-order valence-corrected chi connectivity index (χ3v) is 4.43. The largest absolute Gasteiger partial charge is 0.381 e. The molecule has 0 aromatic heterocycles. The van der Waals surface area contributed by atoms with Gasteiger partial charge in [0.1, 0.15) is 0 Å². The smallest absolute Gasteiger partial charge is 0.228 e. The van der Waals surface area contributed by atoms with E-state index >= 15 is 0 Å². The Hall–Kier alpha value is -0.570. The molecule has 1 rings (SSSR count). The van der Waals surface area contributed by atoms with E-state index in [2.05, 4.69) is 32.6 Å². The van der Waals surface area contributed by atoms with Gasteiger partial charge in [-0.15, -0.1) is 0 Å². The molecule has 0 bridgehead atoms. The molecule has 0 aromatic carbocycles. The molecule has 3 nitrogen and oxygen atoms in total. The Balaban J connectivity index is 2.85. The van der Waals surface area contributed by atoms with Gasteiger partial charge in [-0.3, -0.25) is 4.79 Å². The van der Waals surface area contributed by atoms with Crippen molar-refractivity contribution in [3.63, 3.8) is 0 Å². The van der Waals surface area contributed by atoms with Gasteiger partial charge in [0, 0.05) is 19.2 Å². The molecule has 3 heteroatoms. The molecule has 1 aliphatic rings. The van der Waals surface area contributed by atoms with E-state index in [1.54, 1.807) is 7.11 Å². The molecule has 1 amide bonds. The van der Waals surface area contributed by atoms with E-state index in [9.17, 15) is 4.79 Å². The highest BCUT2D eigenvalue weighted by Gasteiger charge is 2.39. The molecule has 1 saturated heterocycles. The molecule has 4 atom stereocenters. The van der Waals surface area contributed by atoms with Crippen LogP contribution in [0.2, 0.25) is 0 Å². The average Bonchev–Trinajstić information content (AvgIpc) is 2.71. The zero-order valence-electron chi connectivity index (χ0n) is 12.8. The lowest BCUT2D eigenvalue weighted by Crippen LogP contribution is -2.47. The van der Waals surface area contributed by atoms with Crippen LogP contribution in [0.25, 0.3) is 0 Å². The predicted octanol–water partition coefficient (Wildman–Crippen LogP) is 3.08. The SMILES string of the molecule is CCC(C(=O)N1C(C)CC[C@H]1C(C)C)C(C)OC. The molecule has 0 N–H and O–H groups in total. The van der Waals surface area contributed by atoms with Crippen LogP contribution in [0, 0.1) is 11.8 Å². The van der Waals surface area contributed by atoms with E-state index in [1.807, 2.05) is 6.92 Å². The van der Waals surface area contributed by atoms with E-state index in [-0.39, 0.29) is 17.9 Å². The van der Waals surface area contributed by atoms with Crippen molar-refractivity contribution < 1.29 is 9.53 Å². The van der Waals surface area contributed by atoms with Crippen molar-refractivity contribution in [2.24, 2.45) is 11.8 Å². The third kappa shape index (κ3) is 3.05. The molecular weight excluding hydrogens is 226 g/mol. The van der Waals surface area contributed by atoms with Crippen LogP contribution >= 0.6 is 0 Å². The van der Waals surface area contributed by atoms with Crippen LogP contribution < -0.4 is 0 Å². The van der Waals surface area contributed by atoms with E-state index in [0.717, 1.165) is 19.3 Å². The summed E-state index contributed by atoms with van der Waals surface area (Å²) in [6, 6.07) is 0.786. The zero-order chi connectivity index (χ0) is 13.9. The number of amides is 1. The van der Waals surface area contributed by atoms with E-state index in [0.29, 0.717) is 18.0 Å². The fourth-order valence-electron chi connectivity index (χ4n) is 3.12. The number of hydrogen-bond acceptors (Lipinski definition) is 2. The summed E-state index contributed by atoms with van der Waals surface area (Å²) in [6.45, 7) is 10.7. The van der Waals surface area contributed by atoms with E-state index in [1.165, 1.54) is 0 Å². The van der Waals surface area contributed by atoms with Gasteiger partial charge < -0.3 is 9.64 Å². The molecular formula is C15H29NO2. The maximum absolute atomic E-state index is 12.7. The molecule has 106 valence electrons. The molecule has 18 heavy (non-hydrogen) atoms. The summed E-state index contributed by atoms with van der Waals surface area (Å²) in [5.41, 5.74) is 0. The third-order valence-electron chi connectivity index (χ3n) is 4.43. The van der Waals surface area contributed by atoms with Crippen molar-refractivity contribution >= 4 is 5.91 Å². The Bertz CT molecular complexity index is 278. The Morgan fingerprint density at radius 3 is 2.39 bits per heavy atom. The summed E-state index contributed by atoms with van der Waals surface area (Å²) < 4.78 is 5.37. The number of hydrogen-bond donors (Lipinski definition) is 0. The second kappa shape index (κ2) is 6.55. The molecule has 1 aliphatic heterocycles. The number of methoxy groups -OCH3 is 1.